The quantitative estimate of drug-likeness (QED) is 0.507. The predicted octanol–water partition coefficient (Wildman–Crippen LogP) is 2.39. The Hall–Kier alpha value is -3.29. The van der Waals surface area contributed by atoms with Crippen molar-refractivity contribution in [3.63, 3.8) is 0 Å². The van der Waals surface area contributed by atoms with Crippen molar-refractivity contribution < 1.29 is 5.11 Å². The maximum Gasteiger partial charge on any atom is 0.274 e. The van der Waals surface area contributed by atoms with Gasteiger partial charge in [-0.3, -0.25) is 14.8 Å². The van der Waals surface area contributed by atoms with Crippen LogP contribution in [0.2, 0.25) is 0 Å². The number of aryl methyl sites for hydroxylation is 1. The minimum Gasteiger partial charge on any atom is -0.395 e. The summed E-state index contributed by atoms with van der Waals surface area (Å²) < 4.78 is 1.36. The van der Waals surface area contributed by atoms with E-state index in [1.807, 2.05) is 61.5 Å². The van der Waals surface area contributed by atoms with Gasteiger partial charge in [-0.15, -0.1) is 0 Å². The van der Waals surface area contributed by atoms with Gasteiger partial charge in [-0.2, -0.15) is 9.50 Å². The number of nitrogens with one attached hydrogen (secondary N) is 1. The average molecular weight is 389 g/mol. The van der Waals surface area contributed by atoms with Crippen LogP contribution in [-0.4, -0.2) is 42.7 Å². The second-order valence-electron chi connectivity index (χ2n) is 7.08. The molecule has 0 aliphatic rings. The van der Waals surface area contributed by atoms with E-state index in [2.05, 4.69) is 20.0 Å². The number of fused-ring (bicyclic) bond motifs is 1. The van der Waals surface area contributed by atoms with Gasteiger partial charge in [0.1, 0.15) is 0 Å². The molecule has 2 heterocycles. The summed E-state index contributed by atoms with van der Waals surface area (Å²) in [6, 6.07) is 19.5. The van der Waals surface area contributed by atoms with Crippen molar-refractivity contribution in [2.45, 2.75) is 20.0 Å². The summed E-state index contributed by atoms with van der Waals surface area (Å²) in [6.45, 7) is 3.65. The number of H-pyrrole nitrogens is 1. The molecule has 2 aromatic heterocycles. The first kappa shape index (κ1) is 19.0. The van der Waals surface area contributed by atoms with Crippen LogP contribution in [0.4, 0.5) is 0 Å². The van der Waals surface area contributed by atoms with Crippen LogP contribution < -0.4 is 5.56 Å². The highest BCUT2D eigenvalue weighted by atomic mass is 16.3. The summed E-state index contributed by atoms with van der Waals surface area (Å²) in [6.07, 6.45) is 0. The molecule has 2 aromatic carbocycles. The fraction of sp³-hybridized carbons (Fsp3) is 0.227. The summed E-state index contributed by atoms with van der Waals surface area (Å²) in [5.74, 6) is 0.944. The van der Waals surface area contributed by atoms with Crippen molar-refractivity contribution in [3.05, 3.63) is 87.8 Å². The van der Waals surface area contributed by atoms with E-state index in [4.69, 9.17) is 0 Å². The van der Waals surface area contributed by atoms with Gasteiger partial charge in [0.2, 0.25) is 0 Å². The van der Waals surface area contributed by atoms with Gasteiger partial charge in [-0.25, -0.2) is 4.98 Å². The number of rotatable bonds is 7. The molecule has 0 bridgehead atoms. The minimum atomic E-state index is -0.208. The second kappa shape index (κ2) is 8.38. The van der Waals surface area contributed by atoms with Gasteiger partial charge >= 0.3 is 0 Å². The maximum absolute atomic E-state index is 12.6. The van der Waals surface area contributed by atoms with Crippen molar-refractivity contribution in [1.29, 1.82) is 0 Å². The van der Waals surface area contributed by atoms with Crippen molar-refractivity contribution in [3.8, 4) is 11.4 Å². The van der Waals surface area contributed by atoms with Crippen LogP contribution in [-0.2, 0) is 13.1 Å². The molecular formula is C22H23N5O2. The lowest BCUT2D eigenvalue weighted by Crippen LogP contribution is -2.28. The van der Waals surface area contributed by atoms with Crippen LogP contribution in [0.3, 0.4) is 0 Å². The Morgan fingerprint density at radius 1 is 1.03 bits per heavy atom. The van der Waals surface area contributed by atoms with Gasteiger partial charge in [0.15, 0.2) is 5.82 Å². The Morgan fingerprint density at radius 2 is 1.86 bits per heavy atom. The molecule has 0 aliphatic heterocycles. The van der Waals surface area contributed by atoms with Crippen molar-refractivity contribution in [2.75, 3.05) is 13.2 Å². The SMILES string of the molecule is Cc1cccc(-c2nc3nc(CN(CCO)Cc4ccccc4)cc(=O)n3[nH]2)c1. The molecule has 0 saturated carbocycles. The molecule has 0 saturated heterocycles. The highest BCUT2D eigenvalue weighted by Crippen LogP contribution is 2.16. The number of nitrogens with zero attached hydrogens (tertiary/aromatic N) is 4. The molecule has 0 spiro atoms. The summed E-state index contributed by atoms with van der Waals surface area (Å²) in [5.41, 5.74) is 3.58. The van der Waals surface area contributed by atoms with E-state index in [1.54, 1.807) is 0 Å². The van der Waals surface area contributed by atoms with Gasteiger partial charge in [0.05, 0.1) is 12.3 Å². The lowest BCUT2D eigenvalue weighted by molar-refractivity contribution is 0.183. The normalized spacial score (nSPS) is 11.4. The summed E-state index contributed by atoms with van der Waals surface area (Å²) >= 11 is 0. The third-order valence-corrected chi connectivity index (χ3v) is 4.73. The minimum absolute atomic E-state index is 0.0357. The van der Waals surface area contributed by atoms with E-state index in [1.165, 1.54) is 10.6 Å². The Kier molecular flexibility index (Phi) is 5.50. The summed E-state index contributed by atoms with van der Waals surface area (Å²) in [5, 5.41) is 12.5. The summed E-state index contributed by atoms with van der Waals surface area (Å²) in [4.78, 5) is 23.7. The molecule has 0 radical (unpaired) electrons. The Bertz CT molecular complexity index is 1170. The van der Waals surface area contributed by atoms with Crippen molar-refractivity contribution in [1.82, 2.24) is 24.5 Å². The Balaban J connectivity index is 1.62. The molecule has 7 nitrogen and oxygen atoms in total. The molecule has 2 N–H and O–H groups in total. The number of aromatic nitrogens is 4. The van der Waals surface area contributed by atoms with Gasteiger partial charge in [0, 0.05) is 31.3 Å². The largest absolute Gasteiger partial charge is 0.395 e. The number of benzene rings is 2. The van der Waals surface area contributed by atoms with Crippen LogP contribution in [0.1, 0.15) is 16.8 Å². The van der Waals surface area contributed by atoms with Crippen LogP contribution in [0.25, 0.3) is 17.2 Å². The maximum atomic E-state index is 12.6. The zero-order valence-electron chi connectivity index (χ0n) is 16.2. The molecule has 4 aromatic rings. The molecule has 7 heteroatoms. The molecule has 0 amide bonds. The molecule has 0 aliphatic carbocycles. The van der Waals surface area contributed by atoms with Gasteiger partial charge in [-0.1, -0.05) is 54.1 Å². The first-order valence-electron chi connectivity index (χ1n) is 9.55. The Morgan fingerprint density at radius 3 is 2.62 bits per heavy atom. The zero-order valence-corrected chi connectivity index (χ0v) is 16.2. The zero-order chi connectivity index (χ0) is 20.2. The number of aliphatic hydroxyl groups excluding tert-OH is 1. The van der Waals surface area contributed by atoms with Crippen LogP contribution in [0.15, 0.2) is 65.5 Å². The van der Waals surface area contributed by atoms with E-state index >= 15 is 0 Å². The fourth-order valence-corrected chi connectivity index (χ4v) is 3.36. The first-order valence-corrected chi connectivity index (χ1v) is 9.55. The van der Waals surface area contributed by atoms with Crippen molar-refractivity contribution in [2.24, 2.45) is 0 Å². The monoisotopic (exact) mass is 389 g/mol. The van der Waals surface area contributed by atoms with E-state index in [9.17, 15) is 9.90 Å². The van der Waals surface area contributed by atoms with Crippen LogP contribution in [0.5, 0.6) is 0 Å². The highest BCUT2D eigenvalue weighted by molar-refractivity contribution is 5.57. The third-order valence-electron chi connectivity index (χ3n) is 4.73. The van der Waals surface area contributed by atoms with Crippen LogP contribution in [0, 0.1) is 6.92 Å². The predicted molar refractivity (Wildman–Crippen MR) is 111 cm³/mol. The topological polar surface area (TPSA) is 86.5 Å². The standard InChI is InChI=1S/C22H23N5O2/c1-16-6-5-9-18(12-16)21-24-22-23-19(13-20(29)27(22)25-21)15-26(10-11-28)14-17-7-3-2-4-8-17/h2-9,12-13,28H,10-11,14-15H2,1H3,(H,23,24,25). The number of aliphatic hydroxyl groups is 1. The summed E-state index contributed by atoms with van der Waals surface area (Å²) in [7, 11) is 0. The second-order valence-corrected chi connectivity index (χ2v) is 7.08. The third kappa shape index (κ3) is 4.42. The highest BCUT2D eigenvalue weighted by Gasteiger charge is 2.13. The van der Waals surface area contributed by atoms with E-state index < -0.39 is 0 Å². The lowest BCUT2D eigenvalue weighted by Gasteiger charge is -2.20. The smallest absolute Gasteiger partial charge is 0.274 e. The number of aromatic amines is 1. The van der Waals surface area contributed by atoms with E-state index in [-0.39, 0.29) is 12.2 Å². The van der Waals surface area contributed by atoms with Gasteiger partial charge in [-0.05, 0) is 18.6 Å². The average Bonchev–Trinajstić information content (AvgIpc) is 3.14. The first-order chi connectivity index (χ1) is 14.1. The van der Waals surface area contributed by atoms with Crippen LogP contribution >= 0.6 is 0 Å². The van der Waals surface area contributed by atoms with Gasteiger partial charge < -0.3 is 5.11 Å². The van der Waals surface area contributed by atoms with E-state index in [0.717, 1.165) is 16.7 Å². The fourth-order valence-electron chi connectivity index (χ4n) is 3.36. The molecule has 0 atom stereocenters. The molecule has 0 fully saturated rings. The van der Waals surface area contributed by atoms with Crippen molar-refractivity contribution >= 4 is 5.78 Å². The molecule has 29 heavy (non-hydrogen) atoms. The van der Waals surface area contributed by atoms with E-state index in [0.29, 0.717) is 36.9 Å². The lowest BCUT2D eigenvalue weighted by atomic mass is 10.1. The molecule has 148 valence electrons. The molecule has 4 rings (SSSR count). The molecular weight excluding hydrogens is 366 g/mol. The Labute approximate surface area is 168 Å². The van der Waals surface area contributed by atoms with Gasteiger partial charge in [0.25, 0.3) is 11.3 Å². The molecule has 0 unspecified atom stereocenters. The number of hydrogen-bond acceptors (Lipinski definition) is 5. The number of hydrogen-bond donors (Lipinski definition) is 2.